The van der Waals surface area contributed by atoms with Crippen molar-refractivity contribution in [2.24, 2.45) is 0 Å². The Bertz CT molecular complexity index is 1170. The summed E-state index contributed by atoms with van der Waals surface area (Å²) in [6, 6.07) is 17.2. The van der Waals surface area contributed by atoms with Gasteiger partial charge in [0.2, 0.25) is 0 Å². The van der Waals surface area contributed by atoms with Crippen molar-refractivity contribution in [1.82, 2.24) is 0 Å². The van der Waals surface area contributed by atoms with Crippen molar-refractivity contribution in [2.45, 2.75) is 4.90 Å². The lowest BCUT2D eigenvalue weighted by Crippen LogP contribution is -2.27. The van der Waals surface area contributed by atoms with Crippen molar-refractivity contribution < 1.29 is 13.2 Å². The fraction of sp³-hybridized carbons (Fsp3) is 0.0500. The first-order valence-electron chi connectivity index (χ1n) is 8.30. The number of hydrogen-bond donors (Lipinski definition) is 1. The predicted octanol–water partition coefficient (Wildman–Crippen LogP) is 5.72. The van der Waals surface area contributed by atoms with Crippen LogP contribution in [-0.2, 0) is 10.0 Å². The van der Waals surface area contributed by atoms with Crippen molar-refractivity contribution in [1.29, 1.82) is 0 Å². The van der Waals surface area contributed by atoms with Gasteiger partial charge in [-0.15, -0.1) is 0 Å². The van der Waals surface area contributed by atoms with E-state index in [1.165, 1.54) is 37.4 Å². The lowest BCUT2D eigenvalue weighted by molar-refractivity contribution is 0.102. The zero-order valence-electron chi connectivity index (χ0n) is 15.1. The van der Waals surface area contributed by atoms with E-state index in [9.17, 15) is 13.2 Å². The Morgan fingerprint density at radius 1 is 0.862 bits per heavy atom. The van der Waals surface area contributed by atoms with Crippen molar-refractivity contribution in [2.75, 3.05) is 16.7 Å². The number of sulfonamides is 1. The second-order valence-corrected chi connectivity index (χ2v) is 9.22. The maximum atomic E-state index is 13.0. The number of para-hydroxylation sites is 1. The molecule has 0 fully saturated rings. The van der Waals surface area contributed by atoms with Gasteiger partial charge in [0.1, 0.15) is 0 Å². The highest BCUT2D eigenvalue weighted by Gasteiger charge is 2.23. The minimum atomic E-state index is -3.89. The Morgan fingerprint density at radius 3 is 2.17 bits per heavy atom. The maximum Gasteiger partial charge on any atom is 0.264 e. The molecular weight excluding hydrogens is 455 g/mol. The smallest absolute Gasteiger partial charge is 0.264 e. The van der Waals surface area contributed by atoms with E-state index >= 15 is 0 Å². The number of benzene rings is 3. The molecule has 9 heteroatoms. The van der Waals surface area contributed by atoms with Crippen LogP contribution in [0.5, 0.6) is 0 Å². The van der Waals surface area contributed by atoms with E-state index in [0.717, 1.165) is 4.31 Å². The SMILES string of the molecule is CN(c1ccccc1)S(=O)(=O)c1ccc(Cl)c(C(=O)Nc2ccc(Cl)c(Cl)c2)c1. The Labute approximate surface area is 183 Å². The Hall–Kier alpha value is -2.25. The molecule has 0 bridgehead atoms. The van der Waals surface area contributed by atoms with Gasteiger partial charge >= 0.3 is 0 Å². The van der Waals surface area contributed by atoms with Gasteiger partial charge in [0, 0.05) is 12.7 Å². The molecule has 0 spiro atoms. The average Bonchev–Trinajstić information content (AvgIpc) is 2.71. The van der Waals surface area contributed by atoms with Gasteiger partial charge < -0.3 is 5.32 Å². The van der Waals surface area contributed by atoms with Crippen LogP contribution in [-0.4, -0.2) is 21.4 Å². The van der Waals surface area contributed by atoms with Crippen LogP contribution in [0.1, 0.15) is 10.4 Å². The van der Waals surface area contributed by atoms with E-state index in [2.05, 4.69) is 5.32 Å². The van der Waals surface area contributed by atoms with Crippen molar-refractivity contribution in [3.8, 4) is 0 Å². The quantitative estimate of drug-likeness (QED) is 0.519. The van der Waals surface area contributed by atoms with E-state index < -0.39 is 15.9 Å². The molecule has 0 atom stereocenters. The summed E-state index contributed by atoms with van der Waals surface area (Å²) in [4.78, 5) is 12.6. The van der Waals surface area contributed by atoms with E-state index in [1.54, 1.807) is 36.4 Å². The summed E-state index contributed by atoms with van der Waals surface area (Å²) in [6.45, 7) is 0. The molecule has 1 N–H and O–H groups in total. The molecule has 29 heavy (non-hydrogen) atoms. The van der Waals surface area contributed by atoms with Gasteiger partial charge in [-0.2, -0.15) is 0 Å². The minimum Gasteiger partial charge on any atom is -0.322 e. The Morgan fingerprint density at radius 2 is 1.52 bits per heavy atom. The van der Waals surface area contributed by atoms with Crippen molar-refractivity contribution in [3.63, 3.8) is 0 Å². The van der Waals surface area contributed by atoms with Crippen LogP contribution in [0, 0.1) is 0 Å². The third-order valence-electron chi connectivity index (χ3n) is 4.14. The monoisotopic (exact) mass is 468 g/mol. The minimum absolute atomic E-state index is 0.0141. The third-order valence-corrected chi connectivity index (χ3v) is 6.99. The lowest BCUT2D eigenvalue weighted by Gasteiger charge is -2.20. The molecule has 150 valence electrons. The van der Waals surface area contributed by atoms with Crippen LogP contribution in [0.15, 0.2) is 71.6 Å². The normalized spacial score (nSPS) is 11.2. The van der Waals surface area contributed by atoms with Gasteiger partial charge in [0.15, 0.2) is 0 Å². The highest BCUT2D eigenvalue weighted by Crippen LogP contribution is 2.28. The third kappa shape index (κ3) is 4.67. The number of amides is 1. The van der Waals surface area contributed by atoms with Gasteiger partial charge in [-0.3, -0.25) is 9.10 Å². The van der Waals surface area contributed by atoms with Crippen LogP contribution in [0.25, 0.3) is 0 Å². The summed E-state index contributed by atoms with van der Waals surface area (Å²) in [7, 11) is -2.45. The topological polar surface area (TPSA) is 66.5 Å². The number of carbonyl (C=O) groups excluding carboxylic acids is 1. The first-order chi connectivity index (χ1) is 13.7. The first kappa shape index (κ1) is 21.5. The summed E-state index contributed by atoms with van der Waals surface area (Å²) < 4.78 is 27.1. The van der Waals surface area contributed by atoms with E-state index in [-0.39, 0.29) is 20.5 Å². The highest BCUT2D eigenvalue weighted by atomic mass is 35.5. The summed E-state index contributed by atoms with van der Waals surface area (Å²) in [5, 5.41) is 3.37. The molecule has 0 heterocycles. The molecule has 0 aliphatic heterocycles. The highest BCUT2D eigenvalue weighted by molar-refractivity contribution is 7.92. The van der Waals surface area contributed by atoms with Crippen LogP contribution < -0.4 is 9.62 Å². The zero-order chi connectivity index (χ0) is 21.2. The molecule has 0 radical (unpaired) electrons. The standard InChI is InChI=1S/C20H15Cl3N2O3S/c1-25(14-5-3-2-4-6-14)29(27,28)15-8-10-17(21)16(12-15)20(26)24-13-7-9-18(22)19(23)11-13/h2-12H,1H3,(H,24,26). The molecule has 0 aromatic heterocycles. The van der Waals surface area contributed by atoms with Gasteiger partial charge in [-0.25, -0.2) is 8.42 Å². The number of rotatable bonds is 5. The predicted molar refractivity (Wildman–Crippen MR) is 118 cm³/mol. The van der Waals surface area contributed by atoms with Crippen LogP contribution in [0.2, 0.25) is 15.1 Å². The average molecular weight is 470 g/mol. The maximum absolute atomic E-state index is 13.0. The molecule has 0 aliphatic carbocycles. The second-order valence-electron chi connectivity index (χ2n) is 6.03. The second kappa shape index (κ2) is 8.63. The van der Waals surface area contributed by atoms with Crippen LogP contribution in [0.4, 0.5) is 11.4 Å². The summed E-state index contributed by atoms with van der Waals surface area (Å²) >= 11 is 18.0. The van der Waals surface area contributed by atoms with Gasteiger partial charge in [0.05, 0.1) is 31.2 Å². The summed E-state index contributed by atoms with van der Waals surface area (Å²) in [5.41, 5.74) is 0.902. The van der Waals surface area contributed by atoms with E-state index in [4.69, 9.17) is 34.8 Å². The van der Waals surface area contributed by atoms with Gasteiger partial charge in [0.25, 0.3) is 15.9 Å². The molecule has 0 unspecified atom stereocenters. The molecule has 3 aromatic carbocycles. The van der Waals surface area contributed by atoms with Crippen molar-refractivity contribution >= 4 is 62.1 Å². The molecular formula is C20H15Cl3N2O3S. The summed E-state index contributed by atoms with van der Waals surface area (Å²) in [6.07, 6.45) is 0. The first-order valence-corrected chi connectivity index (χ1v) is 10.9. The van der Waals surface area contributed by atoms with Gasteiger partial charge in [-0.1, -0.05) is 53.0 Å². The Balaban J connectivity index is 1.93. The van der Waals surface area contributed by atoms with Crippen LogP contribution in [0.3, 0.4) is 0 Å². The van der Waals surface area contributed by atoms with E-state index in [0.29, 0.717) is 16.4 Å². The van der Waals surface area contributed by atoms with E-state index in [1.807, 2.05) is 0 Å². The van der Waals surface area contributed by atoms with Gasteiger partial charge in [-0.05, 0) is 48.5 Å². The number of halogens is 3. The molecule has 3 aromatic rings. The van der Waals surface area contributed by atoms with Crippen LogP contribution >= 0.6 is 34.8 Å². The fourth-order valence-electron chi connectivity index (χ4n) is 2.55. The molecule has 0 saturated heterocycles. The number of nitrogens with zero attached hydrogens (tertiary/aromatic N) is 1. The van der Waals surface area contributed by atoms with Crippen molar-refractivity contribution in [3.05, 3.63) is 87.4 Å². The number of nitrogens with one attached hydrogen (secondary N) is 1. The molecule has 5 nitrogen and oxygen atoms in total. The number of anilines is 2. The zero-order valence-corrected chi connectivity index (χ0v) is 18.1. The number of hydrogen-bond acceptors (Lipinski definition) is 3. The fourth-order valence-corrected chi connectivity index (χ4v) is 4.27. The molecule has 0 aliphatic rings. The number of carbonyl (C=O) groups is 1. The molecule has 0 saturated carbocycles. The lowest BCUT2D eigenvalue weighted by atomic mass is 10.2. The molecule has 1 amide bonds. The molecule has 3 rings (SSSR count). The summed E-state index contributed by atoms with van der Waals surface area (Å²) in [5.74, 6) is -0.576. The Kier molecular flexibility index (Phi) is 6.39. The largest absolute Gasteiger partial charge is 0.322 e.